The first-order valence-electron chi connectivity index (χ1n) is 3.21. The molecule has 0 fully saturated rings. The van der Waals surface area contributed by atoms with Gasteiger partial charge in [-0.3, -0.25) is 0 Å². The van der Waals surface area contributed by atoms with Gasteiger partial charge in [0.05, 0.1) is 0 Å². The van der Waals surface area contributed by atoms with Crippen molar-refractivity contribution >= 4 is 6.08 Å². The normalized spacial score (nSPS) is 21.1. The topological polar surface area (TPSA) is 0 Å². The number of halogens is 1. The van der Waals surface area contributed by atoms with E-state index in [-0.39, 0.29) is 0 Å². The first-order valence-corrected chi connectivity index (χ1v) is 3.21. The predicted octanol–water partition coefficient (Wildman–Crippen LogP) is 2.52. The minimum atomic E-state index is -0.910. The monoisotopic (exact) mass is 133 g/mol. The van der Waals surface area contributed by atoms with Crippen LogP contribution in [0, 0.1) is 6.07 Å². The Morgan fingerprint density at radius 2 is 2.40 bits per heavy atom. The van der Waals surface area contributed by atoms with E-state index >= 15 is 0 Å². The minimum absolute atomic E-state index is 0.738. The van der Waals surface area contributed by atoms with Gasteiger partial charge in [-0.1, -0.05) is 24.3 Å². The third-order valence-corrected chi connectivity index (χ3v) is 1.65. The highest BCUT2D eigenvalue weighted by Crippen LogP contribution is 2.29. The van der Waals surface area contributed by atoms with E-state index in [9.17, 15) is 4.39 Å². The Morgan fingerprint density at radius 1 is 1.50 bits per heavy atom. The van der Waals surface area contributed by atoms with Crippen molar-refractivity contribution in [1.82, 2.24) is 0 Å². The molecule has 0 saturated carbocycles. The summed E-state index contributed by atoms with van der Waals surface area (Å²) in [5.41, 5.74) is 1.62. The van der Waals surface area contributed by atoms with E-state index in [1.807, 2.05) is 0 Å². The van der Waals surface area contributed by atoms with Gasteiger partial charge in [0.1, 0.15) is 6.17 Å². The van der Waals surface area contributed by atoms with Crippen LogP contribution in [0.1, 0.15) is 17.3 Å². The molecule has 1 aromatic rings. The number of fused-ring (bicyclic) bond motifs is 1. The van der Waals surface area contributed by atoms with Gasteiger partial charge in [0.15, 0.2) is 0 Å². The Labute approximate surface area is 59.0 Å². The van der Waals surface area contributed by atoms with Crippen molar-refractivity contribution in [2.75, 3.05) is 0 Å². The lowest BCUT2D eigenvalue weighted by atomic mass is 10.1. The Bertz CT molecular complexity index is 276. The molecule has 2 rings (SSSR count). The predicted molar refractivity (Wildman–Crippen MR) is 38.2 cm³/mol. The Balaban J connectivity index is 2.59. The lowest BCUT2D eigenvalue weighted by Crippen LogP contribution is -1.83. The number of hydrogen-bond donors (Lipinski definition) is 0. The van der Waals surface area contributed by atoms with E-state index in [1.54, 1.807) is 30.4 Å². The zero-order valence-corrected chi connectivity index (χ0v) is 5.34. The molecule has 1 aliphatic carbocycles. The molecule has 1 heteroatoms. The van der Waals surface area contributed by atoms with Crippen LogP contribution in [-0.2, 0) is 0 Å². The first-order chi connectivity index (χ1) is 4.88. The summed E-state index contributed by atoms with van der Waals surface area (Å²) in [6, 6.07) is 8.34. The molecular formula is C9H6F. The molecule has 0 aromatic heterocycles. The van der Waals surface area contributed by atoms with Gasteiger partial charge in [0.2, 0.25) is 0 Å². The molecule has 1 aliphatic rings. The Kier molecular flexibility index (Phi) is 1.10. The largest absolute Gasteiger partial charge is 0.238 e. The van der Waals surface area contributed by atoms with Gasteiger partial charge in [-0.25, -0.2) is 4.39 Å². The lowest BCUT2D eigenvalue weighted by molar-refractivity contribution is 0.420. The molecule has 0 N–H and O–H groups in total. The van der Waals surface area contributed by atoms with Crippen molar-refractivity contribution in [2.24, 2.45) is 0 Å². The molecule has 0 saturated heterocycles. The summed E-state index contributed by atoms with van der Waals surface area (Å²) in [6.07, 6.45) is 2.40. The van der Waals surface area contributed by atoms with Gasteiger partial charge in [0.25, 0.3) is 0 Å². The lowest BCUT2D eigenvalue weighted by Gasteiger charge is -1.97. The van der Waals surface area contributed by atoms with E-state index in [1.165, 1.54) is 0 Å². The van der Waals surface area contributed by atoms with Gasteiger partial charge >= 0.3 is 0 Å². The van der Waals surface area contributed by atoms with Crippen LogP contribution in [0.15, 0.2) is 24.3 Å². The fourth-order valence-corrected chi connectivity index (χ4v) is 1.13. The average molecular weight is 133 g/mol. The minimum Gasteiger partial charge on any atom is -0.238 e. The second kappa shape index (κ2) is 1.94. The van der Waals surface area contributed by atoms with E-state index in [4.69, 9.17) is 0 Å². The Hall–Kier alpha value is -1.11. The molecule has 0 spiro atoms. The van der Waals surface area contributed by atoms with Crippen LogP contribution in [0.4, 0.5) is 4.39 Å². The molecule has 1 radical (unpaired) electrons. The van der Waals surface area contributed by atoms with Crippen LogP contribution in [0.25, 0.3) is 6.08 Å². The van der Waals surface area contributed by atoms with Crippen LogP contribution in [0.3, 0.4) is 0 Å². The quantitative estimate of drug-likeness (QED) is 0.510. The summed E-state index contributed by atoms with van der Waals surface area (Å²) < 4.78 is 12.8. The summed E-state index contributed by atoms with van der Waals surface area (Å²) in [5, 5.41) is 0. The van der Waals surface area contributed by atoms with Crippen LogP contribution in [0.5, 0.6) is 0 Å². The van der Waals surface area contributed by atoms with E-state index < -0.39 is 6.17 Å². The maximum absolute atomic E-state index is 12.8. The highest BCUT2D eigenvalue weighted by atomic mass is 19.1. The molecule has 1 unspecified atom stereocenters. The van der Waals surface area contributed by atoms with Crippen LogP contribution < -0.4 is 0 Å². The molecule has 0 heterocycles. The molecule has 0 bridgehead atoms. The second-order valence-electron chi connectivity index (χ2n) is 2.30. The first kappa shape index (κ1) is 5.66. The highest BCUT2D eigenvalue weighted by molar-refractivity contribution is 5.60. The van der Waals surface area contributed by atoms with E-state index in [0.29, 0.717) is 0 Å². The van der Waals surface area contributed by atoms with Gasteiger partial charge in [-0.2, -0.15) is 0 Å². The van der Waals surface area contributed by atoms with Crippen LogP contribution in [0.2, 0.25) is 0 Å². The number of allylic oxidation sites excluding steroid dienone is 1. The number of rotatable bonds is 0. The average Bonchev–Trinajstić information content (AvgIpc) is 2.34. The molecule has 0 nitrogen and oxygen atoms in total. The van der Waals surface area contributed by atoms with Crippen molar-refractivity contribution in [3.8, 4) is 0 Å². The number of hydrogen-bond acceptors (Lipinski definition) is 0. The van der Waals surface area contributed by atoms with Gasteiger partial charge in [-0.15, -0.1) is 0 Å². The summed E-state index contributed by atoms with van der Waals surface area (Å²) in [4.78, 5) is 0. The van der Waals surface area contributed by atoms with Crippen LogP contribution in [-0.4, -0.2) is 0 Å². The zero-order valence-electron chi connectivity index (χ0n) is 5.34. The van der Waals surface area contributed by atoms with E-state index in [2.05, 4.69) is 6.07 Å². The number of alkyl halides is 1. The zero-order chi connectivity index (χ0) is 6.97. The van der Waals surface area contributed by atoms with E-state index in [0.717, 1.165) is 11.1 Å². The third-order valence-electron chi connectivity index (χ3n) is 1.65. The molecule has 0 aliphatic heterocycles. The molecule has 0 amide bonds. The molecule has 1 atom stereocenters. The summed E-state index contributed by atoms with van der Waals surface area (Å²) in [6.45, 7) is 0. The maximum Gasteiger partial charge on any atom is 0.144 e. The number of benzene rings is 1. The molecule has 1 aromatic carbocycles. The molecule has 10 heavy (non-hydrogen) atoms. The van der Waals surface area contributed by atoms with Gasteiger partial charge in [0, 0.05) is 0 Å². The summed E-state index contributed by atoms with van der Waals surface area (Å²) >= 11 is 0. The second-order valence-corrected chi connectivity index (χ2v) is 2.30. The SMILES string of the molecule is FC1C=Cc2[c]cccc21. The molecule has 49 valence electrons. The third kappa shape index (κ3) is 0.670. The summed E-state index contributed by atoms with van der Waals surface area (Å²) in [5.74, 6) is 0. The van der Waals surface area contributed by atoms with Crippen LogP contribution >= 0.6 is 0 Å². The summed E-state index contributed by atoms with van der Waals surface area (Å²) in [7, 11) is 0. The van der Waals surface area contributed by atoms with Gasteiger partial charge in [-0.05, 0) is 23.3 Å². The van der Waals surface area contributed by atoms with Crippen molar-refractivity contribution in [3.63, 3.8) is 0 Å². The van der Waals surface area contributed by atoms with Crippen molar-refractivity contribution in [2.45, 2.75) is 6.17 Å². The fourth-order valence-electron chi connectivity index (χ4n) is 1.13. The highest BCUT2D eigenvalue weighted by Gasteiger charge is 2.14. The fraction of sp³-hybridized carbons (Fsp3) is 0.111. The van der Waals surface area contributed by atoms with Crippen molar-refractivity contribution in [3.05, 3.63) is 41.5 Å². The van der Waals surface area contributed by atoms with Gasteiger partial charge < -0.3 is 0 Å². The van der Waals surface area contributed by atoms with Crippen molar-refractivity contribution < 1.29 is 4.39 Å². The Morgan fingerprint density at radius 3 is 3.20 bits per heavy atom. The van der Waals surface area contributed by atoms with Crippen molar-refractivity contribution in [1.29, 1.82) is 0 Å². The maximum atomic E-state index is 12.8. The molecular weight excluding hydrogens is 127 g/mol. The standard InChI is InChI=1S/C9H6F/c10-9-6-5-7-3-1-2-4-8(7)9/h1-2,4-6,9H. The smallest absolute Gasteiger partial charge is 0.144 e.